The molecule has 0 aliphatic carbocycles. The fourth-order valence-corrected chi connectivity index (χ4v) is 4.18. The zero-order chi connectivity index (χ0) is 22.8. The van der Waals surface area contributed by atoms with Gasteiger partial charge in [-0.3, -0.25) is 9.69 Å². The number of carbonyl (C=O) groups is 1. The number of H-pyrrole nitrogens is 1. The highest BCUT2D eigenvalue weighted by molar-refractivity contribution is 8.14. The second-order valence-corrected chi connectivity index (χ2v) is 8.38. The first kappa shape index (κ1) is 23.7. The first-order valence-corrected chi connectivity index (χ1v) is 11.8. The predicted octanol–water partition coefficient (Wildman–Crippen LogP) is 4.24. The number of aliphatic hydroxyl groups excluding tert-OH is 1. The van der Waals surface area contributed by atoms with Gasteiger partial charge in [0.15, 0.2) is 11.4 Å². The summed E-state index contributed by atoms with van der Waals surface area (Å²) in [5, 5.41) is 23.0. The molecule has 1 aromatic heterocycles. The number of amides is 1. The number of amidine groups is 1. The number of fused-ring (bicyclic) bond motifs is 1. The van der Waals surface area contributed by atoms with Gasteiger partial charge in [-0.1, -0.05) is 25.1 Å². The predicted molar refractivity (Wildman–Crippen MR) is 127 cm³/mol. The van der Waals surface area contributed by atoms with E-state index in [1.807, 2.05) is 36.4 Å². The van der Waals surface area contributed by atoms with Crippen LogP contribution >= 0.6 is 11.8 Å². The zero-order valence-electron chi connectivity index (χ0n) is 18.2. The highest BCUT2D eigenvalue weighted by Gasteiger charge is 2.31. The number of hydrogen-bond acceptors (Lipinski definition) is 7. The number of anilines is 1. The summed E-state index contributed by atoms with van der Waals surface area (Å²) in [6, 6.07) is 11.5. The molecule has 0 radical (unpaired) electrons. The van der Waals surface area contributed by atoms with Gasteiger partial charge in [-0.05, 0) is 43.2 Å². The van der Waals surface area contributed by atoms with Crippen molar-refractivity contribution in [1.29, 1.82) is 5.26 Å². The normalized spacial score (nSPS) is 15.0. The van der Waals surface area contributed by atoms with Crippen molar-refractivity contribution >= 4 is 34.2 Å². The number of nitriles is 1. The molecule has 0 spiro atoms. The third-order valence-electron chi connectivity index (χ3n) is 4.90. The summed E-state index contributed by atoms with van der Waals surface area (Å²) in [5.41, 5.74) is 2.17. The number of thioether (sulfide) groups is 1. The number of aromatic nitrogens is 1. The fraction of sp³-hybridized carbons (Fsp3) is 0.435. The van der Waals surface area contributed by atoms with Gasteiger partial charge in [0.1, 0.15) is 5.75 Å². The van der Waals surface area contributed by atoms with Gasteiger partial charge >= 0.3 is 0 Å². The van der Waals surface area contributed by atoms with Crippen LogP contribution in [0.4, 0.5) is 11.4 Å². The van der Waals surface area contributed by atoms with Gasteiger partial charge in [0.25, 0.3) is 0 Å². The largest absolute Gasteiger partial charge is 0.494 e. The number of carbonyl (C=O) groups excluding carboxylic acids is 1. The van der Waals surface area contributed by atoms with E-state index >= 15 is 0 Å². The van der Waals surface area contributed by atoms with Gasteiger partial charge in [-0.25, -0.2) is 4.99 Å². The molecule has 0 bridgehead atoms. The molecule has 1 amide bonds. The van der Waals surface area contributed by atoms with E-state index in [0.29, 0.717) is 54.7 Å². The second-order valence-electron chi connectivity index (χ2n) is 7.32. The van der Waals surface area contributed by atoms with Gasteiger partial charge in [-0.15, -0.1) is 0 Å². The van der Waals surface area contributed by atoms with Crippen LogP contribution in [0.25, 0.3) is 0 Å². The smallest absolute Gasteiger partial charge is 0.220 e. The highest BCUT2D eigenvalue weighted by Crippen LogP contribution is 2.38. The number of benzene rings is 1. The molecule has 2 heterocycles. The molecule has 1 atom stereocenters. The van der Waals surface area contributed by atoms with Crippen LogP contribution in [0, 0.1) is 11.3 Å². The Morgan fingerprint density at radius 1 is 1.34 bits per heavy atom. The lowest BCUT2D eigenvalue weighted by molar-refractivity contribution is -0.121. The minimum atomic E-state index is -0.888. The van der Waals surface area contributed by atoms with E-state index < -0.39 is 6.23 Å². The van der Waals surface area contributed by atoms with Crippen LogP contribution in [-0.2, 0) is 4.79 Å². The lowest BCUT2D eigenvalue weighted by Crippen LogP contribution is -2.35. The molecule has 1 unspecified atom stereocenters. The SMILES string of the molecule is CCCCOc1ccc(N2C(SCCCC(=O)NCCC#N)=Nc3cc[nH]c3C2O)cc1. The Morgan fingerprint density at radius 2 is 2.16 bits per heavy atom. The first-order valence-electron chi connectivity index (χ1n) is 10.9. The Balaban J connectivity index is 1.64. The molecule has 9 heteroatoms. The topological polar surface area (TPSA) is 114 Å². The fourth-order valence-electron chi connectivity index (χ4n) is 3.20. The summed E-state index contributed by atoms with van der Waals surface area (Å²) >= 11 is 1.50. The molecule has 2 aromatic rings. The molecule has 1 aliphatic rings. The maximum absolute atomic E-state index is 11.8. The van der Waals surface area contributed by atoms with Crippen molar-refractivity contribution in [2.75, 3.05) is 23.8 Å². The quantitative estimate of drug-likeness (QED) is 0.437. The Bertz CT molecular complexity index is 951. The van der Waals surface area contributed by atoms with Crippen LogP contribution < -0.4 is 15.0 Å². The maximum Gasteiger partial charge on any atom is 0.220 e. The van der Waals surface area contributed by atoms with Gasteiger partial charge < -0.3 is 20.1 Å². The number of nitrogens with one attached hydrogen (secondary N) is 2. The molecule has 0 saturated heterocycles. The van der Waals surface area contributed by atoms with E-state index in [1.165, 1.54) is 11.8 Å². The molecule has 8 nitrogen and oxygen atoms in total. The van der Waals surface area contributed by atoms with Crippen molar-refractivity contribution in [2.45, 2.75) is 45.3 Å². The Hall–Kier alpha value is -2.96. The zero-order valence-corrected chi connectivity index (χ0v) is 19.0. The van der Waals surface area contributed by atoms with E-state index in [4.69, 9.17) is 15.0 Å². The molecule has 3 N–H and O–H groups in total. The number of unbranched alkanes of at least 4 members (excludes halogenated alkanes) is 1. The highest BCUT2D eigenvalue weighted by atomic mass is 32.2. The van der Waals surface area contributed by atoms with Crippen molar-refractivity contribution in [3.8, 4) is 11.8 Å². The van der Waals surface area contributed by atoms with Crippen LogP contribution in [-0.4, -0.2) is 40.1 Å². The van der Waals surface area contributed by atoms with Crippen LogP contribution in [0.1, 0.15) is 50.9 Å². The Morgan fingerprint density at radius 3 is 2.91 bits per heavy atom. The lowest BCUT2D eigenvalue weighted by atomic mass is 10.2. The van der Waals surface area contributed by atoms with E-state index in [0.717, 1.165) is 24.3 Å². The summed E-state index contributed by atoms with van der Waals surface area (Å²) < 4.78 is 5.74. The van der Waals surface area contributed by atoms with Gasteiger partial charge in [0, 0.05) is 30.6 Å². The minimum absolute atomic E-state index is 0.0603. The van der Waals surface area contributed by atoms with Crippen molar-refractivity contribution < 1.29 is 14.6 Å². The maximum atomic E-state index is 11.8. The number of rotatable bonds is 11. The number of aliphatic hydroxyl groups is 1. The average molecular weight is 456 g/mol. The number of aliphatic imine (C=N–C) groups is 1. The lowest BCUT2D eigenvalue weighted by Gasteiger charge is -2.33. The third-order valence-corrected chi connectivity index (χ3v) is 5.94. The molecule has 170 valence electrons. The van der Waals surface area contributed by atoms with Crippen LogP contribution in [0.3, 0.4) is 0 Å². The van der Waals surface area contributed by atoms with Gasteiger partial charge in [0.05, 0.1) is 30.5 Å². The van der Waals surface area contributed by atoms with E-state index in [1.54, 1.807) is 11.1 Å². The summed E-state index contributed by atoms with van der Waals surface area (Å²) in [6.07, 6.45) is 4.32. The van der Waals surface area contributed by atoms with Crippen molar-refractivity contribution in [3.05, 3.63) is 42.2 Å². The number of ether oxygens (including phenoxy) is 1. The minimum Gasteiger partial charge on any atom is -0.494 e. The summed E-state index contributed by atoms with van der Waals surface area (Å²) in [4.78, 5) is 21.4. The van der Waals surface area contributed by atoms with Gasteiger partial charge in [0.2, 0.25) is 5.91 Å². The van der Waals surface area contributed by atoms with Crippen LogP contribution in [0.2, 0.25) is 0 Å². The molecule has 1 aliphatic heterocycles. The molecular formula is C23H29N5O3S. The first-order chi connectivity index (χ1) is 15.6. The van der Waals surface area contributed by atoms with Crippen molar-refractivity contribution in [3.63, 3.8) is 0 Å². The molecular weight excluding hydrogens is 426 g/mol. The third kappa shape index (κ3) is 6.28. The second kappa shape index (κ2) is 12.2. The molecule has 32 heavy (non-hydrogen) atoms. The monoisotopic (exact) mass is 455 g/mol. The van der Waals surface area contributed by atoms with Crippen molar-refractivity contribution in [1.82, 2.24) is 10.3 Å². The Kier molecular flexibility index (Phi) is 9.01. The summed E-state index contributed by atoms with van der Waals surface area (Å²) in [5.74, 6) is 1.41. The number of aromatic amines is 1. The van der Waals surface area contributed by atoms with E-state index in [2.05, 4.69) is 17.2 Å². The molecule has 3 rings (SSSR count). The average Bonchev–Trinajstić information content (AvgIpc) is 3.27. The van der Waals surface area contributed by atoms with Crippen molar-refractivity contribution in [2.24, 2.45) is 4.99 Å². The summed E-state index contributed by atoms with van der Waals surface area (Å²) in [6.45, 7) is 3.18. The van der Waals surface area contributed by atoms with E-state index in [-0.39, 0.29) is 5.91 Å². The summed E-state index contributed by atoms with van der Waals surface area (Å²) in [7, 11) is 0. The van der Waals surface area contributed by atoms with E-state index in [9.17, 15) is 9.90 Å². The Labute approximate surface area is 192 Å². The molecule has 1 aromatic carbocycles. The number of nitrogens with zero attached hydrogens (tertiary/aromatic N) is 3. The molecule has 0 fully saturated rings. The standard InChI is InChI=1S/C23H29N5O3S/c1-2-3-15-31-18-9-7-17(8-10-18)28-22(30)21-19(11-14-26-21)27-23(28)32-16-4-6-20(29)25-13-5-12-24/h7-11,14,22,26,30H,2-6,13,15-16H2,1H3,(H,25,29). The van der Waals surface area contributed by atoms with Crippen LogP contribution in [0.15, 0.2) is 41.5 Å². The van der Waals surface area contributed by atoms with Gasteiger partial charge in [-0.2, -0.15) is 5.26 Å². The number of hydrogen-bond donors (Lipinski definition) is 3. The van der Waals surface area contributed by atoms with Crippen LogP contribution in [0.5, 0.6) is 5.75 Å². The molecule has 0 saturated carbocycles.